The molecule has 0 spiro atoms. The highest BCUT2D eigenvalue weighted by Crippen LogP contribution is 2.44. The van der Waals surface area contributed by atoms with Crippen molar-refractivity contribution >= 4 is 132 Å². The van der Waals surface area contributed by atoms with E-state index < -0.39 is 0 Å². The van der Waals surface area contributed by atoms with Crippen LogP contribution < -0.4 is 9.80 Å². The van der Waals surface area contributed by atoms with Gasteiger partial charge in [0.25, 0.3) is 0 Å². The van der Waals surface area contributed by atoms with Crippen molar-refractivity contribution in [2.75, 3.05) is 9.80 Å². The number of thiophene rings is 1. The topological polar surface area (TPSA) is 55.3 Å². The van der Waals surface area contributed by atoms with Crippen LogP contribution >= 0.6 is 11.3 Å². The second-order valence-corrected chi connectivity index (χ2v) is 25.0. The smallest absolute Gasteiger partial charge is 0.160 e. The van der Waals surface area contributed by atoms with Crippen molar-refractivity contribution in [3.8, 4) is 11.6 Å². The molecular formula is C76H60N6OS. The molecule has 15 rings (SSSR count). The minimum absolute atomic E-state index is 0.0279. The van der Waals surface area contributed by atoms with Gasteiger partial charge < -0.3 is 14.2 Å². The molecule has 0 N–H and O–H groups in total. The third kappa shape index (κ3) is 8.72. The van der Waals surface area contributed by atoms with Crippen LogP contribution in [0.1, 0.15) is 63.8 Å². The molecule has 7 nitrogen and oxygen atoms in total. The first-order valence-corrected chi connectivity index (χ1v) is 29.6. The number of hydrogen-bond acceptors (Lipinski definition) is 6. The van der Waals surface area contributed by atoms with Gasteiger partial charge in [0.2, 0.25) is 0 Å². The number of benzene rings is 10. The van der Waals surface area contributed by atoms with E-state index in [-0.39, 0.29) is 10.8 Å². The molecule has 0 saturated carbocycles. The van der Waals surface area contributed by atoms with Gasteiger partial charge in [-0.25, -0.2) is 0 Å². The number of furan rings is 1. The summed E-state index contributed by atoms with van der Waals surface area (Å²) in [5.74, 6) is 1.49. The zero-order chi connectivity index (χ0) is 56.8. The summed E-state index contributed by atoms with van der Waals surface area (Å²) >= 11 is 1.85. The van der Waals surface area contributed by atoms with Gasteiger partial charge in [-0.05, 0) is 142 Å². The predicted octanol–water partition coefficient (Wildman–Crippen LogP) is 21.2. The normalized spacial score (nSPS) is 12.5. The van der Waals surface area contributed by atoms with Crippen molar-refractivity contribution in [3.05, 3.63) is 265 Å². The van der Waals surface area contributed by atoms with Gasteiger partial charge in [0.15, 0.2) is 17.2 Å². The Labute approximate surface area is 491 Å². The summed E-state index contributed by atoms with van der Waals surface area (Å²) in [5, 5.41) is 19.4. The lowest BCUT2D eigenvalue weighted by Gasteiger charge is -2.24. The van der Waals surface area contributed by atoms with Gasteiger partial charge in [0.1, 0.15) is 5.58 Å². The highest BCUT2D eigenvalue weighted by molar-refractivity contribution is 7.26. The van der Waals surface area contributed by atoms with Gasteiger partial charge >= 0.3 is 0 Å². The zero-order valence-electron chi connectivity index (χ0n) is 47.7. The minimum Gasteiger partial charge on any atom is -0.454 e. The van der Waals surface area contributed by atoms with Gasteiger partial charge in [-0.1, -0.05) is 175 Å². The first kappa shape index (κ1) is 50.9. The lowest BCUT2D eigenvalue weighted by molar-refractivity contribution is 0.590. The Hall–Kier alpha value is -10.0. The van der Waals surface area contributed by atoms with E-state index in [2.05, 4.69) is 303 Å². The Morgan fingerprint density at radius 1 is 0.393 bits per heavy atom. The van der Waals surface area contributed by atoms with Crippen molar-refractivity contribution in [2.24, 2.45) is 0 Å². The largest absolute Gasteiger partial charge is 0.454 e. The van der Waals surface area contributed by atoms with Crippen molar-refractivity contribution in [1.29, 1.82) is 0 Å². The summed E-state index contributed by atoms with van der Waals surface area (Å²) in [6, 6.07) is 82.8. The molecule has 0 fully saturated rings. The Kier molecular flexibility index (Phi) is 12.0. The van der Waals surface area contributed by atoms with Gasteiger partial charge in [0, 0.05) is 71.6 Å². The summed E-state index contributed by atoms with van der Waals surface area (Å²) < 4.78 is 13.6. The number of rotatable bonds is 10. The Morgan fingerprint density at radius 2 is 0.845 bits per heavy atom. The van der Waals surface area contributed by atoms with Gasteiger partial charge in [-0.15, -0.1) is 21.5 Å². The number of anilines is 4. The molecule has 8 heteroatoms. The van der Waals surface area contributed by atoms with E-state index in [1.807, 2.05) is 23.5 Å². The van der Waals surface area contributed by atoms with E-state index in [0.29, 0.717) is 0 Å². The van der Waals surface area contributed by atoms with E-state index in [9.17, 15) is 0 Å². The fourth-order valence-corrected chi connectivity index (χ4v) is 13.5. The minimum atomic E-state index is 0.0279. The van der Waals surface area contributed by atoms with E-state index in [1.54, 1.807) is 0 Å². The Bertz CT molecular complexity index is 4780. The van der Waals surface area contributed by atoms with Crippen LogP contribution in [0.5, 0.6) is 0 Å². The zero-order valence-corrected chi connectivity index (χ0v) is 48.6. The van der Waals surface area contributed by atoms with E-state index in [0.717, 1.165) is 111 Å². The SMILES string of the molecule is CC(C)(C)c1ccc(N(/C=C/c2ccc3c(c2)c2ccccc2n3-c2ccc(-n3c4ccccc4c4cc(/C=C/N(c5ccc(C(C)(C)C)cc5)c5cccc6c5sc5ccccc56)ccc43)nn2)c2cccc3c2oc2ccccc23)cc1. The quantitative estimate of drug-likeness (QED) is 0.137. The Balaban J connectivity index is 0.774. The van der Waals surface area contributed by atoms with Crippen molar-refractivity contribution in [1.82, 2.24) is 19.3 Å². The molecule has 5 aromatic heterocycles. The first-order chi connectivity index (χ1) is 40.9. The van der Waals surface area contributed by atoms with Crippen LogP contribution in [0.4, 0.5) is 22.7 Å². The first-order valence-electron chi connectivity index (χ1n) is 28.8. The molecule has 10 aromatic carbocycles. The van der Waals surface area contributed by atoms with Gasteiger partial charge in [-0.2, -0.15) is 0 Å². The monoisotopic (exact) mass is 1100 g/mol. The van der Waals surface area contributed by atoms with Crippen molar-refractivity contribution < 1.29 is 4.42 Å². The highest BCUT2D eigenvalue weighted by Gasteiger charge is 2.22. The summed E-state index contributed by atoms with van der Waals surface area (Å²) in [6.45, 7) is 13.6. The maximum atomic E-state index is 6.61. The molecule has 0 radical (unpaired) electrons. The third-order valence-electron chi connectivity index (χ3n) is 16.6. The second kappa shape index (κ2) is 19.9. The van der Waals surface area contributed by atoms with E-state index in [4.69, 9.17) is 14.6 Å². The molecule has 0 bridgehead atoms. The highest BCUT2D eigenvalue weighted by atomic mass is 32.1. The fraction of sp³-hybridized carbons (Fsp3) is 0.105. The summed E-state index contributed by atoms with van der Waals surface area (Å²) in [4.78, 5) is 4.59. The number of aromatic nitrogens is 4. The molecule has 0 aliphatic carbocycles. The maximum Gasteiger partial charge on any atom is 0.160 e. The van der Waals surface area contributed by atoms with Crippen LogP contribution in [0.15, 0.2) is 247 Å². The van der Waals surface area contributed by atoms with Crippen LogP contribution in [0.25, 0.3) is 110 Å². The summed E-state index contributed by atoms with van der Waals surface area (Å²) in [6.07, 6.45) is 8.83. The van der Waals surface area contributed by atoms with Crippen LogP contribution in [0, 0.1) is 0 Å². The van der Waals surface area contributed by atoms with Crippen LogP contribution in [0.2, 0.25) is 0 Å². The molecule has 0 aliphatic rings. The molecule has 15 aromatic rings. The molecule has 0 aliphatic heterocycles. The predicted molar refractivity (Wildman–Crippen MR) is 356 cm³/mol. The van der Waals surface area contributed by atoms with Crippen LogP contribution in [0.3, 0.4) is 0 Å². The molecule has 0 saturated heterocycles. The molecule has 0 amide bonds. The molecule has 84 heavy (non-hydrogen) atoms. The number of para-hydroxylation sites is 4. The maximum absolute atomic E-state index is 6.61. The van der Waals surface area contributed by atoms with Crippen molar-refractivity contribution in [2.45, 2.75) is 52.4 Å². The van der Waals surface area contributed by atoms with E-state index >= 15 is 0 Å². The number of fused-ring (bicyclic) bond motifs is 12. The molecular weight excluding hydrogens is 1040 g/mol. The van der Waals surface area contributed by atoms with E-state index in [1.165, 1.54) is 31.3 Å². The second-order valence-electron chi connectivity index (χ2n) is 24.0. The summed E-state index contributed by atoms with van der Waals surface area (Å²) in [7, 11) is 0. The van der Waals surface area contributed by atoms with Crippen molar-refractivity contribution in [3.63, 3.8) is 0 Å². The van der Waals surface area contributed by atoms with Crippen LogP contribution in [-0.4, -0.2) is 19.3 Å². The number of nitrogens with zero attached hydrogens (tertiary/aromatic N) is 6. The molecule has 0 atom stereocenters. The number of hydrogen-bond donors (Lipinski definition) is 0. The third-order valence-corrected chi connectivity index (χ3v) is 17.8. The molecule has 5 heterocycles. The van der Waals surface area contributed by atoms with Gasteiger partial charge in [-0.3, -0.25) is 9.13 Å². The summed E-state index contributed by atoms with van der Waals surface area (Å²) in [5.41, 5.74) is 15.1. The average Bonchev–Trinajstić information content (AvgIpc) is 2.64. The molecule has 0 unspecified atom stereocenters. The Morgan fingerprint density at radius 3 is 1.39 bits per heavy atom. The van der Waals surface area contributed by atoms with Crippen LogP contribution in [-0.2, 0) is 10.8 Å². The lowest BCUT2D eigenvalue weighted by atomic mass is 9.87. The van der Waals surface area contributed by atoms with Gasteiger partial charge in [0.05, 0.1) is 38.1 Å². The fourth-order valence-electron chi connectivity index (χ4n) is 12.3. The lowest BCUT2D eigenvalue weighted by Crippen LogP contribution is -2.12. The standard InChI is InChI=1S/C76H60N6OS/c1-75(2,3)51-31-35-53(36-32-51)79(67-25-15-21-59-57-19-9-13-27-69(57)83-73(59)67)45-43-49-29-39-65-61(47-49)55-17-7-11-23-63(55)81(65)71-41-42-72(78-77-71)82-64-24-12-8-18-56(64)62-48-50(30-40-66(62)82)44-46-80(54-37-33-52(34-38-54)76(4,5)6)68-26-16-22-60-58-20-10-14-28-70(58)84-74(60)68/h7-48H,1-6H3/b45-43+,46-44+. The average molecular weight is 1110 g/mol. The molecule has 406 valence electrons.